The largest absolute Gasteiger partial charge is 0.356 e. The molecule has 7 heteroatoms. The Kier molecular flexibility index (Phi) is 10.7. The molecule has 0 spiro atoms. The van der Waals surface area contributed by atoms with Crippen molar-refractivity contribution in [2.75, 3.05) is 40.3 Å². The standard InChI is InChI=1S/C22H39N5S.HI/c1-17-5-7-20(8-6-17)14-26(4)22(23-3)24-13-19-9-11-27(12-10-19)15-21-16-28-18(2)25-21;/h16-17,19-20H,5-15H2,1-4H3,(H,23,24);1H. The van der Waals surface area contributed by atoms with Crippen LogP contribution in [0.4, 0.5) is 0 Å². The van der Waals surface area contributed by atoms with Crippen molar-refractivity contribution in [3.05, 3.63) is 16.1 Å². The van der Waals surface area contributed by atoms with E-state index in [1.165, 1.54) is 62.3 Å². The highest BCUT2D eigenvalue weighted by molar-refractivity contribution is 14.0. The predicted molar refractivity (Wildman–Crippen MR) is 135 cm³/mol. The molecular weight excluding hydrogens is 493 g/mol. The third-order valence-electron chi connectivity index (χ3n) is 6.55. The highest BCUT2D eigenvalue weighted by Gasteiger charge is 2.22. The molecule has 0 bridgehead atoms. The van der Waals surface area contributed by atoms with Crippen LogP contribution in [0.5, 0.6) is 0 Å². The second-order valence-electron chi connectivity index (χ2n) is 9.01. The number of guanidine groups is 1. The molecule has 0 radical (unpaired) electrons. The Morgan fingerprint density at radius 2 is 1.90 bits per heavy atom. The summed E-state index contributed by atoms with van der Waals surface area (Å²) in [5.74, 6) is 3.56. The van der Waals surface area contributed by atoms with E-state index in [0.29, 0.717) is 0 Å². The van der Waals surface area contributed by atoms with E-state index < -0.39 is 0 Å². The average Bonchev–Trinajstić information content (AvgIpc) is 3.10. The molecule has 1 aromatic rings. The van der Waals surface area contributed by atoms with E-state index in [1.54, 1.807) is 11.3 Å². The number of hydrogen-bond acceptors (Lipinski definition) is 4. The zero-order valence-electron chi connectivity index (χ0n) is 18.7. The minimum atomic E-state index is 0. The summed E-state index contributed by atoms with van der Waals surface area (Å²) < 4.78 is 0. The van der Waals surface area contributed by atoms with Crippen LogP contribution in [0.25, 0.3) is 0 Å². The van der Waals surface area contributed by atoms with Gasteiger partial charge >= 0.3 is 0 Å². The Balaban J connectivity index is 0.00000300. The van der Waals surface area contributed by atoms with Crippen LogP contribution in [0.1, 0.15) is 56.2 Å². The van der Waals surface area contributed by atoms with Crippen LogP contribution in [0.15, 0.2) is 10.4 Å². The summed E-state index contributed by atoms with van der Waals surface area (Å²) in [5, 5.41) is 7.03. The van der Waals surface area contributed by atoms with Gasteiger partial charge in [-0.05, 0) is 63.5 Å². The molecule has 0 amide bonds. The SMILES string of the molecule is CN=C(NCC1CCN(Cc2csc(C)n2)CC1)N(C)CC1CCC(C)CC1.I. The maximum atomic E-state index is 4.61. The van der Waals surface area contributed by atoms with Crippen molar-refractivity contribution >= 4 is 41.3 Å². The van der Waals surface area contributed by atoms with Gasteiger partial charge in [0.25, 0.3) is 0 Å². The van der Waals surface area contributed by atoms with Crippen molar-refractivity contribution in [2.45, 2.75) is 58.9 Å². The highest BCUT2D eigenvalue weighted by Crippen LogP contribution is 2.28. The van der Waals surface area contributed by atoms with Gasteiger partial charge in [0.1, 0.15) is 0 Å². The van der Waals surface area contributed by atoms with Gasteiger partial charge in [-0.15, -0.1) is 35.3 Å². The van der Waals surface area contributed by atoms with Gasteiger partial charge in [0.2, 0.25) is 0 Å². The molecule has 0 atom stereocenters. The molecule has 29 heavy (non-hydrogen) atoms. The van der Waals surface area contributed by atoms with Crippen LogP contribution in [0.3, 0.4) is 0 Å². The molecule has 1 aliphatic carbocycles. The molecule has 3 rings (SSSR count). The fraction of sp³-hybridized carbons (Fsp3) is 0.818. The van der Waals surface area contributed by atoms with E-state index in [1.807, 2.05) is 7.05 Å². The van der Waals surface area contributed by atoms with Crippen molar-refractivity contribution < 1.29 is 0 Å². The molecule has 1 N–H and O–H groups in total. The van der Waals surface area contributed by atoms with Gasteiger partial charge in [0, 0.05) is 39.1 Å². The highest BCUT2D eigenvalue weighted by atomic mass is 127. The summed E-state index contributed by atoms with van der Waals surface area (Å²) in [6.07, 6.45) is 8.06. The Labute approximate surface area is 198 Å². The number of hydrogen-bond donors (Lipinski definition) is 1. The van der Waals surface area contributed by atoms with E-state index in [-0.39, 0.29) is 24.0 Å². The Bertz CT molecular complexity index is 618. The van der Waals surface area contributed by atoms with E-state index in [2.05, 4.69) is 51.4 Å². The fourth-order valence-electron chi connectivity index (χ4n) is 4.66. The number of rotatable bonds is 6. The Morgan fingerprint density at radius 3 is 2.48 bits per heavy atom. The summed E-state index contributed by atoms with van der Waals surface area (Å²) in [7, 11) is 4.12. The number of aryl methyl sites for hydroxylation is 1. The third-order valence-corrected chi connectivity index (χ3v) is 7.37. The predicted octanol–water partition coefficient (Wildman–Crippen LogP) is 4.62. The lowest BCUT2D eigenvalue weighted by Gasteiger charge is -2.34. The van der Waals surface area contributed by atoms with Gasteiger partial charge in [-0.1, -0.05) is 19.8 Å². The normalized spacial score (nSPS) is 24.2. The van der Waals surface area contributed by atoms with Gasteiger partial charge in [0.15, 0.2) is 5.96 Å². The lowest BCUT2D eigenvalue weighted by molar-refractivity contribution is 0.176. The molecule has 166 valence electrons. The summed E-state index contributed by atoms with van der Waals surface area (Å²) in [6, 6.07) is 0. The zero-order chi connectivity index (χ0) is 19.9. The van der Waals surface area contributed by atoms with E-state index in [4.69, 9.17) is 0 Å². The number of piperidine rings is 1. The van der Waals surface area contributed by atoms with E-state index >= 15 is 0 Å². The molecule has 2 heterocycles. The number of halogens is 1. The molecule has 1 aromatic heterocycles. The van der Waals surface area contributed by atoms with E-state index in [9.17, 15) is 0 Å². The average molecular weight is 534 g/mol. The molecule has 2 fully saturated rings. The second kappa shape index (κ2) is 12.4. The molecular formula is C22H40IN5S. The lowest BCUT2D eigenvalue weighted by atomic mass is 9.83. The summed E-state index contributed by atoms with van der Waals surface area (Å²) in [4.78, 5) is 14.0. The molecule has 0 aromatic carbocycles. The van der Waals surface area contributed by atoms with Crippen LogP contribution < -0.4 is 5.32 Å². The first-order chi connectivity index (χ1) is 13.5. The van der Waals surface area contributed by atoms with Crippen molar-refractivity contribution in [3.8, 4) is 0 Å². The molecule has 1 saturated carbocycles. The van der Waals surface area contributed by atoms with Crippen LogP contribution in [0, 0.1) is 24.7 Å². The van der Waals surface area contributed by atoms with Crippen molar-refractivity contribution in [1.82, 2.24) is 20.1 Å². The van der Waals surface area contributed by atoms with Crippen LogP contribution in [-0.4, -0.2) is 61.0 Å². The van der Waals surface area contributed by atoms with Crippen LogP contribution >= 0.6 is 35.3 Å². The van der Waals surface area contributed by atoms with Gasteiger partial charge in [-0.3, -0.25) is 9.89 Å². The monoisotopic (exact) mass is 533 g/mol. The fourth-order valence-corrected chi connectivity index (χ4v) is 5.27. The van der Waals surface area contributed by atoms with Crippen LogP contribution in [0.2, 0.25) is 0 Å². The van der Waals surface area contributed by atoms with Gasteiger partial charge in [-0.25, -0.2) is 4.98 Å². The van der Waals surface area contributed by atoms with Crippen molar-refractivity contribution in [2.24, 2.45) is 22.7 Å². The first kappa shape index (κ1) is 24.9. The minimum absolute atomic E-state index is 0. The maximum Gasteiger partial charge on any atom is 0.193 e. The first-order valence-electron chi connectivity index (χ1n) is 11.1. The molecule has 1 saturated heterocycles. The van der Waals surface area contributed by atoms with Crippen molar-refractivity contribution in [1.29, 1.82) is 0 Å². The number of nitrogens with zero attached hydrogens (tertiary/aromatic N) is 4. The van der Waals surface area contributed by atoms with Gasteiger partial charge < -0.3 is 10.2 Å². The summed E-state index contributed by atoms with van der Waals surface area (Å²) in [5.41, 5.74) is 1.23. The number of aromatic nitrogens is 1. The molecule has 2 aliphatic rings. The van der Waals surface area contributed by atoms with Gasteiger partial charge in [0.05, 0.1) is 10.7 Å². The quantitative estimate of drug-likeness (QED) is 0.330. The van der Waals surface area contributed by atoms with Crippen LogP contribution in [-0.2, 0) is 6.54 Å². The smallest absolute Gasteiger partial charge is 0.193 e. The summed E-state index contributed by atoms with van der Waals surface area (Å²) in [6.45, 7) is 10.0. The summed E-state index contributed by atoms with van der Waals surface area (Å²) >= 11 is 1.76. The lowest BCUT2D eigenvalue weighted by Crippen LogP contribution is -2.45. The van der Waals surface area contributed by atoms with Crippen molar-refractivity contribution in [3.63, 3.8) is 0 Å². The van der Waals surface area contributed by atoms with Gasteiger partial charge in [-0.2, -0.15) is 0 Å². The minimum Gasteiger partial charge on any atom is -0.356 e. The molecule has 0 unspecified atom stereocenters. The number of aliphatic imine (C=N–C) groups is 1. The maximum absolute atomic E-state index is 4.61. The Hall–Kier alpha value is -0.410. The zero-order valence-corrected chi connectivity index (χ0v) is 21.8. The number of thiazole rings is 1. The molecule has 5 nitrogen and oxygen atoms in total. The second-order valence-corrected chi connectivity index (χ2v) is 10.1. The topological polar surface area (TPSA) is 43.8 Å². The third kappa shape index (κ3) is 7.98. The number of nitrogens with one attached hydrogen (secondary N) is 1. The Morgan fingerprint density at radius 1 is 1.21 bits per heavy atom. The molecule has 1 aliphatic heterocycles. The number of likely N-dealkylation sites (tertiary alicyclic amines) is 1. The van der Waals surface area contributed by atoms with E-state index in [0.717, 1.165) is 43.3 Å². The first-order valence-corrected chi connectivity index (χ1v) is 12.0.